The predicted octanol–water partition coefficient (Wildman–Crippen LogP) is 6.96. The summed E-state index contributed by atoms with van der Waals surface area (Å²) in [5, 5.41) is 10.9. The molecule has 0 saturated heterocycles. The van der Waals surface area contributed by atoms with Gasteiger partial charge in [-0.1, -0.05) is 105 Å². The third-order valence-corrected chi connectivity index (χ3v) is 6.74. The van der Waals surface area contributed by atoms with Gasteiger partial charge < -0.3 is 9.16 Å². The van der Waals surface area contributed by atoms with Crippen LogP contribution in [0.15, 0.2) is 91.0 Å². The van der Waals surface area contributed by atoms with Crippen molar-refractivity contribution in [1.82, 2.24) is 0 Å². The Morgan fingerprint density at radius 2 is 1.24 bits per heavy atom. The largest absolute Gasteiger partial charge is 0.410 e. The molecule has 2 atom stereocenters. The van der Waals surface area contributed by atoms with Crippen molar-refractivity contribution in [3.05, 3.63) is 108 Å². The van der Waals surface area contributed by atoms with E-state index in [4.69, 9.17) is 9.16 Å². The Balaban J connectivity index is 2.17. The molecule has 0 unspecified atom stereocenters. The van der Waals surface area contributed by atoms with Gasteiger partial charge in [-0.15, -0.1) is 0 Å². The van der Waals surface area contributed by atoms with Gasteiger partial charge >= 0.3 is 0 Å². The summed E-state index contributed by atoms with van der Waals surface area (Å²) < 4.78 is 13.5. The average Bonchev–Trinajstić information content (AvgIpc) is 2.81. The van der Waals surface area contributed by atoms with Crippen LogP contribution in [0.25, 0.3) is 0 Å². The maximum Gasteiger partial charge on any atom is 0.184 e. The molecule has 0 spiro atoms. The zero-order valence-electron chi connectivity index (χ0n) is 20.4. The van der Waals surface area contributed by atoms with Crippen molar-refractivity contribution in [3.63, 3.8) is 0 Å². The first-order chi connectivity index (χ1) is 15.8. The van der Waals surface area contributed by atoms with Crippen molar-refractivity contribution in [2.75, 3.05) is 0 Å². The first kappa shape index (κ1) is 24.9. The summed E-state index contributed by atoms with van der Waals surface area (Å²) in [6.45, 7) is 11.3. The lowest BCUT2D eigenvalue weighted by Gasteiger charge is -2.44. The maximum absolute atomic E-state index is 10.9. The van der Waals surface area contributed by atoms with Crippen molar-refractivity contribution in [2.24, 2.45) is 5.92 Å². The second-order valence-corrected chi connectivity index (χ2v) is 14.3. The minimum atomic E-state index is -2.06. The third-order valence-electron chi connectivity index (χ3n) is 5.78. The topological polar surface area (TPSA) is 42.2 Å². The van der Waals surface area contributed by atoms with E-state index in [1.165, 1.54) is 0 Å². The molecular formula is C29H35NO2Si. The molecule has 0 aromatic heterocycles. The molecule has 3 nitrogen and oxygen atoms in total. The summed E-state index contributed by atoms with van der Waals surface area (Å²) >= 11 is 0. The maximum atomic E-state index is 10.9. The summed E-state index contributed by atoms with van der Waals surface area (Å²) in [7, 11) is -2.06. The van der Waals surface area contributed by atoms with Crippen LogP contribution in [-0.4, -0.2) is 20.5 Å². The molecule has 4 heteroatoms. The van der Waals surface area contributed by atoms with E-state index in [1.807, 2.05) is 78.9 Å². The van der Waals surface area contributed by atoms with Gasteiger partial charge in [-0.3, -0.25) is 0 Å². The van der Waals surface area contributed by atoms with E-state index < -0.39 is 19.8 Å². The van der Waals surface area contributed by atoms with E-state index in [2.05, 4.69) is 51.7 Å². The van der Waals surface area contributed by atoms with Gasteiger partial charge in [0.2, 0.25) is 0 Å². The smallest absolute Gasteiger partial charge is 0.184 e. The van der Waals surface area contributed by atoms with Gasteiger partial charge in [-0.2, -0.15) is 5.26 Å². The van der Waals surface area contributed by atoms with E-state index in [9.17, 15) is 5.26 Å². The zero-order chi connectivity index (χ0) is 23.9. The van der Waals surface area contributed by atoms with Gasteiger partial charge in [0, 0.05) is 0 Å². The van der Waals surface area contributed by atoms with Gasteiger partial charge in [0.1, 0.15) is 5.41 Å². The van der Waals surface area contributed by atoms with Gasteiger partial charge in [-0.25, -0.2) is 0 Å². The summed E-state index contributed by atoms with van der Waals surface area (Å²) in [4.78, 5) is 0. The Labute approximate surface area is 200 Å². The number of nitrogens with zero attached hydrogens (tertiary/aromatic N) is 1. The number of benzene rings is 3. The standard InChI is InChI=1S/C29H35NO2Si/c1-23(2)27(31-21-24-15-9-6-10-16-24)28(32-33(3,4)5)29(22-30,25-17-11-7-12-18-25)26-19-13-8-14-20-26/h6-20,23,27-28H,21H2,1-5H3/t27-,28+/m0/s1. The summed E-state index contributed by atoms with van der Waals surface area (Å²) in [6.07, 6.45) is -0.750. The zero-order valence-corrected chi connectivity index (χ0v) is 21.4. The van der Waals surface area contributed by atoms with E-state index >= 15 is 0 Å². The number of ether oxygens (including phenoxy) is 1. The van der Waals surface area contributed by atoms with Crippen molar-refractivity contribution < 1.29 is 9.16 Å². The second-order valence-electron chi connectivity index (χ2n) is 9.81. The Kier molecular flexibility index (Phi) is 8.26. The fourth-order valence-corrected chi connectivity index (χ4v) is 5.34. The number of nitriles is 1. The van der Waals surface area contributed by atoms with Crippen molar-refractivity contribution in [3.8, 4) is 6.07 Å². The minimum Gasteiger partial charge on any atom is -0.410 e. The molecule has 0 fully saturated rings. The fraction of sp³-hybridized carbons (Fsp3) is 0.345. The fourth-order valence-electron chi connectivity index (χ4n) is 4.27. The van der Waals surface area contributed by atoms with Crippen LogP contribution in [0.4, 0.5) is 0 Å². The number of hydrogen-bond acceptors (Lipinski definition) is 3. The molecule has 0 aliphatic carbocycles. The Morgan fingerprint density at radius 3 is 1.64 bits per heavy atom. The first-order valence-electron chi connectivity index (χ1n) is 11.6. The van der Waals surface area contributed by atoms with Crippen LogP contribution in [0.5, 0.6) is 0 Å². The molecule has 0 bridgehead atoms. The van der Waals surface area contributed by atoms with Crippen LogP contribution in [0.3, 0.4) is 0 Å². The van der Waals surface area contributed by atoms with Crippen LogP contribution >= 0.6 is 0 Å². The Bertz CT molecular complexity index is 984. The Morgan fingerprint density at radius 1 is 0.788 bits per heavy atom. The molecule has 3 rings (SSSR count). The van der Waals surface area contributed by atoms with E-state index in [-0.39, 0.29) is 12.0 Å². The molecule has 0 heterocycles. The van der Waals surface area contributed by atoms with Crippen molar-refractivity contribution in [2.45, 2.75) is 57.7 Å². The molecular weight excluding hydrogens is 422 g/mol. The lowest BCUT2D eigenvalue weighted by atomic mass is 9.68. The first-order valence-corrected chi connectivity index (χ1v) is 15.0. The highest BCUT2D eigenvalue weighted by Gasteiger charge is 2.50. The lowest BCUT2D eigenvalue weighted by molar-refractivity contribution is -0.0767. The van der Waals surface area contributed by atoms with Crippen LogP contribution in [-0.2, 0) is 21.2 Å². The van der Waals surface area contributed by atoms with E-state index in [1.54, 1.807) is 0 Å². The summed E-state index contributed by atoms with van der Waals surface area (Å²) in [5.74, 6) is 0.148. The van der Waals surface area contributed by atoms with Crippen molar-refractivity contribution >= 4 is 8.32 Å². The van der Waals surface area contributed by atoms with Crippen LogP contribution < -0.4 is 0 Å². The highest BCUT2D eigenvalue weighted by atomic mass is 28.4. The number of hydrogen-bond donors (Lipinski definition) is 0. The van der Waals surface area contributed by atoms with Gasteiger partial charge in [0.25, 0.3) is 0 Å². The number of rotatable bonds is 10. The Hall–Kier alpha value is -2.71. The molecule has 3 aromatic rings. The normalized spacial score (nSPS) is 14.0. The minimum absolute atomic E-state index is 0.148. The lowest BCUT2D eigenvalue weighted by Crippen LogP contribution is -2.54. The SMILES string of the molecule is CC(C)[C@H](OCc1ccccc1)[C@@H](O[Si](C)(C)C)C(C#N)(c1ccccc1)c1ccccc1. The van der Waals surface area contributed by atoms with Crippen molar-refractivity contribution in [1.29, 1.82) is 5.26 Å². The molecule has 3 aromatic carbocycles. The van der Waals surface area contributed by atoms with Gasteiger partial charge in [0.15, 0.2) is 8.32 Å². The predicted molar refractivity (Wildman–Crippen MR) is 137 cm³/mol. The molecule has 0 saturated carbocycles. The highest BCUT2D eigenvalue weighted by molar-refractivity contribution is 6.69. The molecule has 0 aliphatic rings. The molecule has 0 N–H and O–H groups in total. The molecule has 33 heavy (non-hydrogen) atoms. The molecule has 172 valence electrons. The van der Waals surface area contributed by atoms with Gasteiger partial charge in [-0.05, 0) is 42.2 Å². The van der Waals surface area contributed by atoms with Crippen LogP contribution in [0, 0.1) is 17.2 Å². The summed E-state index contributed by atoms with van der Waals surface area (Å²) in [6, 6.07) is 33.0. The van der Waals surface area contributed by atoms with Gasteiger partial charge in [0.05, 0.1) is 24.9 Å². The summed E-state index contributed by atoms with van der Waals surface area (Å²) in [5.41, 5.74) is 1.96. The second kappa shape index (κ2) is 10.9. The average molecular weight is 458 g/mol. The van der Waals surface area contributed by atoms with E-state index in [0.717, 1.165) is 16.7 Å². The molecule has 0 amide bonds. The van der Waals surface area contributed by atoms with Crippen LogP contribution in [0.2, 0.25) is 19.6 Å². The third kappa shape index (κ3) is 6.00. The monoisotopic (exact) mass is 457 g/mol. The molecule has 0 aliphatic heterocycles. The quantitative estimate of drug-likeness (QED) is 0.309. The molecule has 0 radical (unpaired) electrons. The highest BCUT2D eigenvalue weighted by Crippen LogP contribution is 2.41. The van der Waals surface area contributed by atoms with Crippen LogP contribution in [0.1, 0.15) is 30.5 Å². The van der Waals surface area contributed by atoms with E-state index in [0.29, 0.717) is 6.61 Å².